The monoisotopic (exact) mass is 550 g/mol. The normalized spacial score (nSPS) is 55.3. The Morgan fingerprint density at radius 3 is 2.46 bits per heavy atom. The van der Waals surface area contributed by atoms with E-state index in [0.717, 1.165) is 50.5 Å². The van der Waals surface area contributed by atoms with Gasteiger partial charge < -0.3 is 39.4 Å². The highest BCUT2D eigenvalue weighted by atomic mass is 16.7. The average molecular weight is 551 g/mol. The lowest BCUT2D eigenvalue weighted by Gasteiger charge is -2.67. The van der Waals surface area contributed by atoms with Gasteiger partial charge in [0, 0.05) is 18.6 Å². The zero-order valence-electron chi connectivity index (χ0n) is 23.7. The van der Waals surface area contributed by atoms with Gasteiger partial charge in [-0.05, 0) is 93.5 Å². The molecule has 4 aliphatic carbocycles. The molecule has 4 saturated carbocycles. The van der Waals surface area contributed by atoms with Crippen LogP contribution >= 0.6 is 0 Å². The Morgan fingerprint density at radius 2 is 1.77 bits per heavy atom. The van der Waals surface area contributed by atoms with E-state index >= 15 is 0 Å². The molecule has 0 unspecified atom stereocenters. The number of rotatable bonds is 4. The van der Waals surface area contributed by atoms with Crippen molar-refractivity contribution in [3.05, 3.63) is 11.6 Å². The third-order valence-corrected chi connectivity index (χ3v) is 12.4. The Kier molecular flexibility index (Phi) is 6.82. The Morgan fingerprint density at radius 1 is 1.00 bits per heavy atom. The Balaban J connectivity index is 1.19. The summed E-state index contributed by atoms with van der Waals surface area (Å²) in [6.07, 6.45) is 4.01. The lowest BCUT2D eigenvalue weighted by atomic mass is 9.41. The van der Waals surface area contributed by atoms with Gasteiger partial charge in [-0.2, -0.15) is 0 Å². The Labute approximate surface area is 230 Å². The van der Waals surface area contributed by atoms with E-state index in [0.29, 0.717) is 25.4 Å². The number of methoxy groups -OCH3 is 1. The van der Waals surface area contributed by atoms with Crippen molar-refractivity contribution in [2.75, 3.05) is 13.7 Å². The highest BCUT2D eigenvalue weighted by Gasteiger charge is 2.74. The second kappa shape index (κ2) is 9.48. The highest BCUT2D eigenvalue weighted by molar-refractivity contribution is 5.85. The van der Waals surface area contributed by atoms with Gasteiger partial charge in [-0.3, -0.25) is 0 Å². The Hall–Kier alpha value is -1.07. The zero-order chi connectivity index (χ0) is 28.0. The summed E-state index contributed by atoms with van der Waals surface area (Å²) in [7, 11) is 1.47. The lowest BCUT2D eigenvalue weighted by Crippen LogP contribution is -2.73. The van der Waals surface area contributed by atoms with Gasteiger partial charge in [-0.25, -0.2) is 4.79 Å². The van der Waals surface area contributed by atoms with E-state index in [1.54, 1.807) is 13.0 Å². The van der Waals surface area contributed by atoms with E-state index in [2.05, 4.69) is 13.8 Å². The maximum absolute atomic E-state index is 12.5. The molecule has 220 valence electrons. The lowest BCUT2D eigenvalue weighted by molar-refractivity contribution is -0.320. The SMILES string of the molecule is CO[C@H]1[C@H](O)[C@H](O[C@H]2CC[C@@]3(C)[C@H](CC[C@]4(O)[C@@H]3CC[C@]3(C)[C@H](C5=CC(=O)OC5)CC[C@@]34O)C2)O[C@@H](C)[C@@H]1O. The molecule has 39 heavy (non-hydrogen) atoms. The van der Waals surface area contributed by atoms with Crippen LogP contribution in [0, 0.1) is 28.6 Å². The van der Waals surface area contributed by atoms with Crippen molar-refractivity contribution in [3.8, 4) is 0 Å². The van der Waals surface area contributed by atoms with Crippen LogP contribution in [0.2, 0.25) is 0 Å². The molecule has 9 heteroatoms. The van der Waals surface area contributed by atoms with Crippen molar-refractivity contribution in [1.82, 2.24) is 0 Å². The molecule has 9 nitrogen and oxygen atoms in total. The van der Waals surface area contributed by atoms with Crippen molar-refractivity contribution in [3.63, 3.8) is 0 Å². The summed E-state index contributed by atoms with van der Waals surface area (Å²) < 4.78 is 22.7. The Bertz CT molecular complexity index is 1020. The number of ether oxygens (including phenoxy) is 4. The maximum atomic E-state index is 12.5. The smallest absolute Gasteiger partial charge is 0.331 e. The number of carbonyl (C=O) groups is 1. The summed E-state index contributed by atoms with van der Waals surface area (Å²) in [6.45, 7) is 6.45. The van der Waals surface area contributed by atoms with Crippen molar-refractivity contribution in [1.29, 1.82) is 0 Å². The summed E-state index contributed by atoms with van der Waals surface area (Å²) in [5, 5.41) is 46.0. The molecule has 0 aromatic rings. The molecule has 4 N–H and O–H groups in total. The second-order valence-electron chi connectivity index (χ2n) is 13.9. The van der Waals surface area contributed by atoms with Crippen LogP contribution in [-0.4, -0.2) is 88.1 Å². The minimum atomic E-state index is -1.21. The molecule has 0 radical (unpaired) electrons. The van der Waals surface area contributed by atoms with E-state index < -0.39 is 47.3 Å². The summed E-state index contributed by atoms with van der Waals surface area (Å²) >= 11 is 0. The molecule has 1 saturated heterocycles. The van der Waals surface area contributed by atoms with Crippen molar-refractivity contribution >= 4 is 5.97 Å². The molecule has 0 aromatic carbocycles. The molecule has 6 rings (SSSR count). The number of cyclic esters (lactones) is 1. The molecular weight excluding hydrogens is 504 g/mol. The van der Waals surface area contributed by atoms with Crippen LogP contribution in [0.4, 0.5) is 0 Å². The molecule has 0 aromatic heterocycles. The van der Waals surface area contributed by atoms with Crippen LogP contribution in [0.15, 0.2) is 11.6 Å². The van der Waals surface area contributed by atoms with Crippen LogP contribution in [-0.2, 0) is 23.7 Å². The molecular formula is C30H46O9. The first-order valence-electron chi connectivity index (χ1n) is 14.9. The van der Waals surface area contributed by atoms with Crippen molar-refractivity contribution in [2.45, 2.75) is 127 Å². The second-order valence-corrected chi connectivity index (χ2v) is 13.9. The topological polar surface area (TPSA) is 135 Å². The molecule has 0 bridgehead atoms. The largest absolute Gasteiger partial charge is 0.458 e. The van der Waals surface area contributed by atoms with E-state index in [9.17, 15) is 25.2 Å². The molecule has 0 amide bonds. The highest BCUT2D eigenvalue weighted by Crippen LogP contribution is 2.71. The molecule has 0 spiro atoms. The molecule has 6 aliphatic rings. The maximum Gasteiger partial charge on any atom is 0.331 e. The number of fused-ring (bicyclic) bond motifs is 5. The first-order valence-corrected chi connectivity index (χ1v) is 14.9. The number of hydrogen-bond acceptors (Lipinski definition) is 9. The van der Waals surface area contributed by atoms with Crippen LogP contribution in [0.25, 0.3) is 0 Å². The number of carbonyl (C=O) groups excluding carboxylic acids is 1. The summed E-state index contributed by atoms with van der Waals surface area (Å²) in [5.74, 6) is 0.0176. The first-order chi connectivity index (χ1) is 18.4. The van der Waals surface area contributed by atoms with Crippen LogP contribution in [0.1, 0.15) is 78.6 Å². The van der Waals surface area contributed by atoms with E-state index in [-0.39, 0.29) is 29.3 Å². The third kappa shape index (κ3) is 3.87. The fourth-order valence-corrected chi connectivity index (χ4v) is 10.1. The third-order valence-electron chi connectivity index (χ3n) is 12.4. The number of aliphatic hydroxyl groups excluding tert-OH is 2. The number of esters is 1. The number of hydrogen-bond donors (Lipinski definition) is 4. The molecule has 5 fully saturated rings. The van der Waals surface area contributed by atoms with Gasteiger partial charge >= 0.3 is 5.97 Å². The van der Waals surface area contributed by atoms with E-state index in [4.69, 9.17) is 18.9 Å². The summed E-state index contributed by atoms with van der Waals surface area (Å²) in [5.41, 5.74) is -2.08. The van der Waals surface area contributed by atoms with E-state index in [1.165, 1.54) is 7.11 Å². The van der Waals surface area contributed by atoms with Crippen molar-refractivity contribution < 1.29 is 44.2 Å². The quantitative estimate of drug-likeness (QED) is 0.307. The van der Waals surface area contributed by atoms with Gasteiger partial charge in [0.1, 0.15) is 24.9 Å². The fraction of sp³-hybridized carbons (Fsp3) is 0.900. The van der Waals surface area contributed by atoms with Gasteiger partial charge in [0.05, 0.1) is 23.4 Å². The minimum Gasteiger partial charge on any atom is -0.458 e. The van der Waals surface area contributed by atoms with Crippen LogP contribution < -0.4 is 0 Å². The average Bonchev–Trinajstić information content (AvgIpc) is 3.44. The predicted molar refractivity (Wildman–Crippen MR) is 139 cm³/mol. The number of aliphatic hydroxyl groups is 4. The molecule has 2 heterocycles. The van der Waals surface area contributed by atoms with E-state index in [1.807, 2.05) is 0 Å². The van der Waals surface area contributed by atoms with Crippen LogP contribution in [0.5, 0.6) is 0 Å². The van der Waals surface area contributed by atoms with Crippen LogP contribution in [0.3, 0.4) is 0 Å². The fourth-order valence-electron chi connectivity index (χ4n) is 10.1. The summed E-state index contributed by atoms with van der Waals surface area (Å²) in [6, 6.07) is 0. The van der Waals surface area contributed by atoms with Crippen molar-refractivity contribution in [2.24, 2.45) is 28.6 Å². The molecule has 13 atom stereocenters. The van der Waals surface area contributed by atoms with Gasteiger partial charge in [0.15, 0.2) is 6.29 Å². The minimum absolute atomic E-state index is 0.0264. The first kappa shape index (κ1) is 28.1. The molecule has 2 aliphatic heterocycles. The summed E-state index contributed by atoms with van der Waals surface area (Å²) in [4.78, 5) is 11.8. The van der Waals surface area contributed by atoms with Gasteiger partial charge in [0.2, 0.25) is 0 Å². The van der Waals surface area contributed by atoms with Gasteiger partial charge in [-0.15, -0.1) is 0 Å². The van der Waals surface area contributed by atoms with Gasteiger partial charge in [-0.1, -0.05) is 13.8 Å². The zero-order valence-corrected chi connectivity index (χ0v) is 23.7. The standard InChI is InChI=1S/C30H46O9/c1-16-23(32)25(36-4)24(33)26(38-16)39-19-6-9-27(2)18(14-19)5-11-29(34)21(27)8-10-28(3)20(7-12-30(28,29)35)17-13-22(31)37-15-17/h13,16,18-21,23-26,32-35H,5-12,14-15H2,1-4H3/t16-,18+,19-,20-,21+,23-,24-,25+,26-,27-,28+,29-,30+/m0/s1. The predicted octanol–water partition coefficient (Wildman–Crippen LogP) is 2.23. The van der Waals surface area contributed by atoms with Gasteiger partial charge in [0.25, 0.3) is 0 Å².